The predicted molar refractivity (Wildman–Crippen MR) is 123 cm³/mol. The van der Waals surface area contributed by atoms with E-state index in [2.05, 4.69) is 31.8 Å². The second-order valence-electron chi connectivity index (χ2n) is 7.87. The summed E-state index contributed by atoms with van der Waals surface area (Å²) in [5.74, 6) is 0.478. The van der Waals surface area contributed by atoms with Crippen molar-refractivity contribution in [1.29, 1.82) is 0 Å². The molecule has 0 radical (unpaired) electrons. The van der Waals surface area contributed by atoms with Crippen molar-refractivity contribution in [1.82, 2.24) is 19.7 Å². The number of likely N-dealkylation sites (tertiary alicyclic amines) is 1. The zero-order chi connectivity index (χ0) is 22.3. The quantitative estimate of drug-likeness (QED) is 0.352. The maximum atomic E-state index is 14.0. The lowest BCUT2D eigenvalue weighted by Crippen LogP contribution is -2.30. The average molecular weight is 455 g/mol. The zero-order valence-electron chi connectivity index (χ0n) is 18.2. The van der Waals surface area contributed by atoms with Gasteiger partial charge < -0.3 is 9.30 Å². The van der Waals surface area contributed by atoms with Gasteiger partial charge in [0.2, 0.25) is 0 Å². The van der Waals surface area contributed by atoms with E-state index in [1.54, 1.807) is 6.07 Å². The summed E-state index contributed by atoms with van der Waals surface area (Å²) in [6, 6.07) is 14.4. The van der Waals surface area contributed by atoms with Gasteiger partial charge in [0.1, 0.15) is 5.82 Å². The van der Waals surface area contributed by atoms with Crippen molar-refractivity contribution in [3.8, 4) is 5.75 Å². The van der Waals surface area contributed by atoms with Gasteiger partial charge in [0.05, 0.1) is 26.0 Å². The molecule has 0 amide bonds. The first-order chi connectivity index (χ1) is 15.6. The molecule has 0 bridgehead atoms. The van der Waals surface area contributed by atoms with Crippen molar-refractivity contribution in [2.45, 2.75) is 37.5 Å². The Morgan fingerprint density at radius 2 is 1.84 bits per heavy atom. The molecule has 1 fully saturated rings. The number of halogens is 1. The van der Waals surface area contributed by atoms with Gasteiger partial charge in [-0.2, -0.15) is 0 Å². The highest BCUT2D eigenvalue weighted by molar-refractivity contribution is 7.99. The third-order valence-electron chi connectivity index (χ3n) is 5.60. The monoisotopic (exact) mass is 454 g/mol. The Labute approximate surface area is 191 Å². The predicted octanol–water partition coefficient (Wildman–Crippen LogP) is 4.44. The number of carbonyl (C=O) groups excluding carboxylic acids is 1. The van der Waals surface area contributed by atoms with Crippen LogP contribution in [0.25, 0.3) is 0 Å². The van der Waals surface area contributed by atoms with Crippen molar-refractivity contribution >= 4 is 17.5 Å². The van der Waals surface area contributed by atoms with Crippen LogP contribution in [0.2, 0.25) is 0 Å². The highest BCUT2D eigenvalue weighted by atomic mass is 32.2. The maximum Gasteiger partial charge on any atom is 0.192 e. The number of hydrogen-bond acceptors (Lipinski definition) is 6. The fourth-order valence-electron chi connectivity index (χ4n) is 3.84. The molecule has 8 heteroatoms. The van der Waals surface area contributed by atoms with Crippen LogP contribution in [0.4, 0.5) is 4.39 Å². The molecule has 0 N–H and O–H groups in total. The van der Waals surface area contributed by atoms with Crippen molar-refractivity contribution < 1.29 is 13.9 Å². The number of ketones is 1. The van der Waals surface area contributed by atoms with Crippen LogP contribution >= 0.6 is 11.8 Å². The fourth-order valence-corrected chi connectivity index (χ4v) is 4.69. The van der Waals surface area contributed by atoms with Crippen LogP contribution < -0.4 is 4.74 Å². The molecule has 1 aliphatic rings. The Bertz CT molecular complexity index is 1050. The number of Topliss-reactive ketones (excluding diaryl/α,β-unsaturated/α-hetero) is 1. The molecule has 2 heterocycles. The number of piperidine rings is 1. The number of hydrogen-bond donors (Lipinski definition) is 0. The van der Waals surface area contributed by atoms with Crippen LogP contribution in [-0.2, 0) is 13.1 Å². The molecule has 0 unspecified atom stereocenters. The van der Waals surface area contributed by atoms with Gasteiger partial charge in [-0.05, 0) is 49.7 Å². The summed E-state index contributed by atoms with van der Waals surface area (Å²) in [6.07, 6.45) is 3.70. The summed E-state index contributed by atoms with van der Waals surface area (Å²) in [7, 11) is 1.40. The van der Waals surface area contributed by atoms with E-state index in [0.29, 0.717) is 17.3 Å². The number of aromatic nitrogens is 3. The smallest absolute Gasteiger partial charge is 0.192 e. The van der Waals surface area contributed by atoms with Gasteiger partial charge in [-0.1, -0.05) is 48.5 Å². The lowest BCUT2D eigenvalue weighted by molar-refractivity contribution is 0.102. The highest BCUT2D eigenvalue weighted by Gasteiger charge is 2.19. The average Bonchev–Trinajstić information content (AvgIpc) is 3.19. The number of nitrogens with zero attached hydrogens (tertiary/aromatic N) is 4. The van der Waals surface area contributed by atoms with Gasteiger partial charge in [-0.25, -0.2) is 4.39 Å². The Morgan fingerprint density at radius 1 is 1.06 bits per heavy atom. The molecular weight excluding hydrogens is 427 g/mol. The van der Waals surface area contributed by atoms with Crippen molar-refractivity contribution in [3.05, 3.63) is 71.3 Å². The number of thioether (sulfide) groups is 1. The summed E-state index contributed by atoms with van der Waals surface area (Å²) in [4.78, 5) is 15.1. The molecule has 0 spiro atoms. The van der Waals surface area contributed by atoms with Gasteiger partial charge in [0.25, 0.3) is 0 Å². The van der Waals surface area contributed by atoms with E-state index in [4.69, 9.17) is 4.74 Å². The molecular formula is C24H27FN4O2S. The van der Waals surface area contributed by atoms with Crippen LogP contribution in [0.5, 0.6) is 5.75 Å². The largest absolute Gasteiger partial charge is 0.494 e. The molecule has 168 valence electrons. The second kappa shape index (κ2) is 10.7. The Kier molecular flexibility index (Phi) is 7.55. The summed E-state index contributed by atoms with van der Waals surface area (Å²) in [6.45, 7) is 3.53. The normalized spacial score (nSPS) is 14.4. The van der Waals surface area contributed by atoms with Crippen LogP contribution in [0, 0.1) is 5.82 Å². The molecule has 0 aliphatic carbocycles. The van der Waals surface area contributed by atoms with Crippen LogP contribution in [-0.4, -0.2) is 51.4 Å². The van der Waals surface area contributed by atoms with E-state index < -0.39 is 5.82 Å². The number of benzene rings is 2. The summed E-state index contributed by atoms with van der Waals surface area (Å²) >= 11 is 1.34. The zero-order valence-corrected chi connectivity index (χ0v) is 19.0. The number of carbonyl (C=O) groups is 1. The molecule has 6 nitrogen and oxygen atoms in total. The van der Waals surface area contributed by atoms with E-state index in [0.717, 1.165) is 31.0 Å². The lowest BCUT2D eigenvalue weighted by Gasteiger charge is -2.26. The minimum Gasteiger partial charge on any atom is -0.494 e. The van der Waals surface area contributed by atoms with Crippen molar-refractivity contribution in [3.63, 3.8) is 0 Å². The van der Waals surface area contributed by atoms with E-state index in [9.17, 15) is 9.18 Å². The van der Waals surface area contributed by atoms with Crippen molar-refractivity contribution in [2.75, 3.05) is 26.0 Å². The molecule has 32 heavy (non-hydrogen) atoms. The molecule has 2 aromatic carbocycles. The molecule has 0 atom stereocenters. The minimum atomic E-state index is -0.542. The Balaban J connectivity index is 1.50. The van der Waals surface area contributed by atoms with E-state index in [1.165, 1.54) is 50.3 Å². The number of methoxy groups -OCH3 is 1. The first-order valence-electron chi connectivity index (χ1n) is 10.8. The topological polar surface area (TPSA) is 60.2 Å². The molecule has 1 saturated heterocycles. The minimum absolute atomic E-state index is 0.124. The first-order valence-corrected chi connectivity index (χ1v) is 11.8. The van der Waals surface area contributed by atoms with Gasteiger partial charge in [0.15, 0.2) is 22.5 Å². The standard InChI is InChI=1S/C24H27FN4O2S/c1-31-22-11-10-19(14-20(22)25)21(30)17-32-24-27-26-23(16-28-12-6-3-7-13-28)29(24)15-18-8-4-2-5-9-18/h2,4-5,8-11,14H,3,6-7,12-13,15-17H2,1H3. The molecule has 1 aromatic heterocycles. The second-order valence-corrected chi connectivity index (χ2v) is 8.81. The van der Waals surface area contributed by atoms with Crippen LogP contribution in [0.1, 0.15) is 41.0 Å². The van der Waals surface area contributed by atoms with E-state index in [1.807, 2.05) is 18.2 Å². The first kappa shape index (κ1) is 22.5. The summed E-state index contributed by atoms with van der Waals surface area (Å²) in [5.41, 5.74) is 1.47. The van der Waals surface area contributed by atoms with Crippen LogP contribution in [0.3, 0.4) is 0 Å². The van der Waals surface area contributed by atoms with Crippen molar-refractivity contribution in [2.24, 2.45) is 0 Å². The van der Waals surface area contributed by atoms with Gasteiger partial charge >= 0.3 is 0 Å². The van der Waals surface area contributed by atoms with Crippen LogP contribution in [0.15, 0.2) is 53.7 Å². The number of ether oxygens (including phenoxy) is 1. The Hall–Kier alpha value is -2.71. The lowest BCUT2D eigenvalue weighted by atomic mass is 10.1. The SMILES string of the molecule is COc1ccc(C(=O)CSc2nnc(CN3CCCCC3)n2Cc2ccccc2)cc1F. The molecule has 1 aliphatic heterocycles. The highest BCUT2D eigenvalue weighted by Crippen LogP contribution is 2.23. The molecule has 0 saturated carbocycles. The van der Waals surface area contributed by atoms with E-state index >= 15 is 0 Å². The molecule has 4 rings (SSSR count). The van der Waals surface area contributed by atoms with E-state index in [-0.39, 0.29) is 17.3 Å². The molecule has 3 aromatic rings. The Morgan fingerprint density at radius 3 is 2.56 bits per heavy atom. The fraction of sp³-hybridized carbons (Fsp3) is 0.375. The summed E-state index contributed by atoms with van der Waals surface area (Å²) in [5, 5.41) is 9.55. The summed E-state index contributed by atoms with van der Waals surface area (Å²) < 4.78 is 21.0. The number of rotatable bonds is 9. The third kappa shape index (κ3) is 5.55. The third-order valence-corrected chi connectivity index (χ3v) is 6.56. The van der Waals surface area contributed by atoms with Gasteiger partial charge in [-0.15, -0.1) is 10.2 Å². The van der Waals surface area contributed by atoms with Gasteiger partial charge in [0, 0.05) is 5.56 Å². The maximum absolute atomic E-state index is 14.0. The van der Waals surface area contributed by atoms with Gasteiger partial charge in [-0.3, -0.25) is 9.69 Å².